The number of hydrogen-bond acceptors (Lipinski definition) is 4. The van der Waals surface area contributed by atoms with Gasteiger partial charge in [0.1, 0.15) is 18.1 Å². The number of nitrogens with zero attached hydrogens (tertiary/aromatic N) is 5. The van der Waals surface area contributed by atoms with Crippen molar-refractivity contribution in [3.8, 4) is 5.75 Å². The highest BCUT2D eigenvalue weighted by molar-refractivity contribution is 14.0. The molecule has 1 unspecified atom stereocenters. The lowest BCUT2D eigenvalue weighted by Crippen LogP contribution is -2.40. The van der Waals surface area contributed by atoms with Crippen LogP contribution in [0.1, 0.15) is 36.5 Å². The molecule has 2 heterocycles. The van der Waals surface area contributed by atoms with Crippen molar-refractivity contribution in [3.05, 3.63) is 41.5 Å². The van der Waals surface area contributed by atoms with Crippen molar-refractivity contribution in [1.82, 2.24) is 25.0 Å². The first kappa shape index (κ1) is 21.5. The van der Waals surface area contributed by atoms with E-state index in [2.05, 4.69) is 39.5 Å². The number of methoxy groups -OCH3 is 1. The third kappa shape index (κ3) is 5.12. The van der Waals surface area contributed by atoms with Crippen molar-refractivity contribution >= 4 is 29.9 Å². The molecule has 0 spiro atoms. The van der Waals surface area contributed by atoms with E-state index >= 15 is 0 Å². The van der Waals surface area contributed by atoms with Gasteiger partial charge in [-0.2, -0.15) is 0 Å². The van der Waals surface area contributed by atoms with Crippen LogP contribution in [0, 0.1) is 6.92 Å². The van der Waals surface area contributed by atoms with E-state index < -0.39 is 0 Å². The summed E-state index contributed by atoms with van der Waals surface area (Å²) >= 11 is 0. The normalized spacial score (nSPS) is 17.0. The number of guanidine groups is 1. The summed E-state index contributed by atoms with van der Waals surface area (Å²) in [4.78, 5) is 7.12. The molecule has 1 aliphatic rings. The molecule has 148 valence electrons. The highest BCUT2D eigenvalue weighted by Crippen LogP contribution is 2.28. The van der Waals surface area contributed by atoms with Crippen LogP contribution in [0.5, 0.6) is 5.75 Å². The Morgan fingerprint density at radius 2 is 2.04 bits per heavy atom. The lowest BCUT2D eigenvalue weighted by molar-refractivity contribution is 0.414. The summed E-state index contributed by atoms with van der Waals surface area (Å²) in [6.07, 6.45) is 1.12. The van der Waals surface area contributed by atoms with Gasteiger partial charge in [-0.1, -0.05) is 12.1 Å². The fourth-order valence-electron chi connectivity index (χ4n) is 3.26. The van der Waals surface area contributed by atoms with E-state index in [1.165, 1.54) is 5.56 Å². The van der Waals surface area contributed by atoms with Crippen molar-refractivity contribution in [2.75, 3.05) is 26.7 Å². The summed E-state index contributed by atoms with van der Waals surface area (Å²) in [7, 11) is 3.67. The number of rotatable bonds is 5. The molecule has 0 bridgehead atoms. The smallest absolute Gasteiger partial charge is 0.194 e. The molecule has 3 rings (SSSR count). The average Bonchev–Trinajstić information content (AvgIpc) is 3.27. The molecule has 27 heavy (non-hydrogen) atoms. The number of likely N-dealkylation sites (tertiary alicyclic amines) is 1. The lowest BCUT2D eigenvalue weighted by Gasteiger charge is -2.21. The van der Waals surface area contributed by atoms with Crippen molar-refractivity contribution in [2.45, 2.75) is 32.7 Å². The summed E-state index contributed by atoms with van der Waals surface area (Å²) in [6.45, 7) is 7.39. The van der Waals surface area contributed by atoms with Gasteiger partial charge in [-0.05, 0) is 38.0 Å². The minimum Gasteiger partial charge on any atom is -0.497 e. The Morgan fingerprint density at radius 1 is 1.30 bits per heavy atom. The molecule has 1 saturated heterocycles. The van der Waals surface area contributed by atoms with Gasteiger partial charge < -0.3 is 19.5 Å². The Balaban J connectivity index is 0.00000261. The molecule has 1 N–H and O–H groups in total. The fraction of sp³-hybridized carbons (Fsp3) is 0.526. The molecule has 7 nitrogen and oxygen atoms in total. The fourth-order valence-corrected chi connectivity index (χ4v) is 3.26. The van der Waals surface area contributed by atoms with Crippen molar-refractivity contribution in [1.29, 1.82) is 0 Å². The quantitative estimate of drug-likeness (QED) is 0.402. The topological polar surface area (TPSA) is 67.6 Å². The van der Waals surface area contributed by atoms with Gasteiger partial charge in [-0.3, -0.25) is 0 Å². The SMILES string of the molecule is CCNC(=NCc1nnc(C)n1C)N1CCC(c2ccc(OC)cc2)C1.I. The molecular formula is C19H29IN6O. The maximum atomic E-state index is 5.26. The van der Waals surface area contributed by atoms with Crippen molar-refractivity contribution in [2.24, 2.45) is 12.0 Å². The van der Waals surface area contributed by atoms with E-state index in [9.17, 15) is 0 Å². The Bertz CT molecular complexity index is 758. The Morgan fingerprint density at radius 3 is 2.63 bits per heavy atom. The summed E-state index contributed by atoms with van der Waals surface area (Å²) in [5, 5.41) is 11.7. The second kappa shape index (κ2) is 9.91. The monoisotopic (exact) mass is 484 g/mol. The second-order valence-electron chi connectivity index (χ2n) is 6.60. The molecular weight excluding hydrogens is 455 g/mol. The molecule has 0 amide bonds. The van der Waals surface area contributed by atoms with Crippen LogP contribution in [0.4, 0.5) is 0 Å². The third-order valence-corrected chi connectivity index (χ3v) is 4.96. The molecule has 2 aromatic rings. The standard InChI is InChI=1S/C19H28N6O.HI/c1-5-20-19(21-12-18-23-22-14(2)24(18)3)25-11-10-16(13-25)15-6-8-17(26-4)9-7-15;/h6-9,16H,5,10-13H2,1-4H3,(H,20,21);1H. The van der Waals surface area contributed by atoms with Gasteiger partial charge in [0, 0.05) is 32.6 Å². The van der Waals surface area contributed by atoms with E-state index in [1.807, 2.05) is 30.7 Å². The van der Waals surface area contributed by atoms with Gasteiger partial charge in [0.15, 0.2) is 11.8 Å². The van der Waals surface area contributed by atoms with Gasteiger partial charge >= 0.3 is 0 Å². The number of hydrogen-bond donors (Lipinski definition) is 1. The van der Waals surface area contributed by atoms with Crippen LogP contribution in [0.25, 0.3) is 0 Å². The molecule has 1 fully saturated rings. The minimum atomic E-state index is 0. The summed E-state index contributed by atoms with van der Waals surface area (Å²) in [6, 6.07) is 8.40. The first-order valence-corrected chi connectivity index (χ1v) is 9.14. The lowest BCUT2D eigenvalue weighted by atomic mass is 9.98. The number of halogens is 1. The van der Waals surface area contributed by atoms with E-state index in [0.29, 0.717) is 12.5 Å². The van der Waals surface area contributed by atoms with Crippen molar-refractivity contribution in [3.63, 3.8) is 0 Å². The first-order chi connectivity index (χ1) is 12.6. The van der Waals surface area contributed by atoms with E-state index in [4.69, 9.17) is 9.73 Å². The Kier molecular flexibility index (Phi) is 7.88. The van der Waals surface area contributed by atoms with E-state index in [0.717, 1.165) is 49.4 Å². The van der Waals surface area contributed by atoms with Crippen LogP contribution in [0.3, 0.4) is 0 Å². The number of benzene rings is 1. The maximum Gasteiger partial charge on any atom is 0.194 e. The van der Waals surface area contributed by atoms with Gasteiger partial charge in [0.25, 0.3) is 0 Å². The highest BCUT2D eigenvalue weighted by atomic mass is 127. The van der Waals surface area contributed by atoms with Crippen LogP contribution >= 0.6 is 24.0 Å². The van der Waals surface area contributed by atoms with Gasteiger partial charge in [-0.25, -0.2) is 4.99 Å². The largest absolute Gasteiger partial charge is 0.497 e. The van der Waals surface area contributed by atoms with Crippen LogP contribution in [0.15, 0.2) is 29.3 Å². The van der Waals surface area contributed by atoms with Crippen LogP contribution < -0.4 is 10.1 Å². The third-order valence-electron chi connectivity index (χ3n) is 4.96. The van der Waals surface area contributed by atoms with E-state index in [-0.39, 0.29) is 24.0 Å². The van der Waals surface area contributed by atoms with Gasteiger partial charge in [-0.15, -0.1) is 34.2 Å². The molecule has 1 aliphatic heterocycles. The van der Waals surface area contributed by atoms with Gasteiger partial charge in [0.2, 0.25) is 0 Å². The number of nitrogens with one attached hydrogen (secondary N) is 1. The van der Waals surface area contributed by atoms with E-state index in [1.54, 1.807) is 7.11 Å². The predicted octanol–water partition coefficient (Wildman–Crippen LogP) is 2.71. The zero-order valence-corrected chi connectivity index (χ0v) is 18.8. The predicted molar refractivity (Wildman–Crippen MR) is 118 cm³/mol. The molecule has 1 aromatic carbocycles. The molecule has 0 saturated carbocycles. The molecule has 0 radical (unpaired) electrons. The maximum absolute atomic E-state index is 5.26. The first-order valence-electron chi connectivity index (χ1n) is 9.14. The van der Waals surface area contributed by atoms with Crippen LogP contribution in [-0.2, 0) is 13.6 Å². The number of aryl methyl sites for hydroxylation is 1. The summed E-state index contributed by atoms with van der Waals surface area (Å²) in [5.41, 5.74) is 1.35. The zero-order chi connectivity index (χ0) is 18.5. The van der Waals surface area contributed by atoms with Crippen molar-refractivity contribution < 1.29 is 4.74 Å². The minimum absolute atomic E-state index is 0. The molecule has 0 aliphatic carbocycles. The molecule has 1 aromatic heterocycles. The average molecular weight is 484 g/mol. The number of ether oxygens (including phenoxy) is 1. The number of aromatic nitrogens is 3. The van der Waals surface area contributed by atoms with Gasteiger partial charge in [0.05, 0.1) is 7.11 Å². The van der Waals surface area contributed by atoms with Crippen LogP contribution in [0.2, 0.25) is 0 Å². The Labute approximate surface area is 178 Å². The zero-order valence-electron chi connectivity index (χ0n) is 16.5. The molecule has 8 heteroatoms. The second-order valence-corrected chi connectivity index (χ2v) is 6.60. The number of aliphatic imine (C=N–C) groups is 1. The van der Waals surface area contributed by atoms with Crippen LogP contribution in [-0.4, -0.2) is 52.4 Å². The molecule has 1 atom stereocenters. The summed E-state index contributed by atoms with van der Waals surface area (Å²) in [5.74, 6) is 4.15. The highest BCUT2D eigenvalue weighted by Gasteiger charge is 2.26. The Hall–Kier alpha value is -1.84. The summed E-state index contributed by atoms with van der Waals surface area (Å²) < 4.78 is 7.24.